The Morgan fingerprint density at radius 3 is 1.24 bits per heavy atom. The molecule has 17 rings (SSSR count). The van der Waals surface area contributed by atoms with Gasteiger partial charge in [0.1, 0.15) is 0 Å². The van der Waals surface area contributed by atoms with Gasteiger partial charge in [-0.1, -0.05) is 200 Å². The molecule has 0 amide bonds. The van der Waals surface area contributed by atoms with Gasteiger partial charge in [0.2, 0.25) is 0 Å². The number of aromatic nitrogens is 4. The molecule has 4 heterocycles. The lowest BCUT2D eigenvalue weighted by Crippen LogP contribution is -1.92. The van der Waals surface area contributed by atoms with E-state index in [-0.39, 0.29) is 0 Å². The number of fused-ring (bicyclic) bond motifs is 19. The van der Waals surface area contributed by atoms with Gasteiger partial charge in [0.05, 0.1) is 33.5 Å². The van der Waals surface area contributed by atoms with Crippen LogP contribution in [0.1, 0.15) is 0 Å². The van der Waals surface area contributed by atoms with Gasteiger partial charge in [0.25, 0.3) is 0 Å². The summed E-state index contributed by atoms with van der Waals surface area (Å²) in [6.45, 7) is 0. The van der Waals surface area contributed by atoms with Crippen LogP contribution in [0, 0.1) is 0 Å². The highest BCUT2D eigenvalue weighted by molar-refractivity contribution is 6.28. The van der Waals surface area contributed by atoms with E-state index in [9.17, 15) is 0 Å². The van der Waals surface area contributed by atoms with E-state index in [1.807, 2.05) is 24.5 Å². The molecule has 0 fully saturated rings. The van der Waals surface area contributed by atoms with Crippen LogP contribution in [-0.2, 0) is 0 Å². The molecule has 4 aromatic heterocycles. The molecule has 368 valence electrons. The molecular weight excluding hydrogens is 969 g/mol. The van der Waals surface area contributed by atoms with Crippen molar-refractivity contribution in [1.82, 2.24) is 19.9 Å². The third-order valence-corrected chi connectivity index (χ3v) is 16.9. The second-order valence-corrected chi connectivity index (χ2v) is 21.2. The summed E-state index contributed by atoms with van der Waals surface area (Å²) < 4.78 is 0. The Kier molecular flexibility index (Phi) is 9.68. The lowest BCUT2D eigenvalue weighted by atomic mass is 9.90. The summed E-state index contributed by atoms with van der Waals surface area (Å²) in [6.07, 6.45) is 3.73. The van der Waals surface area contributed by atoms with Gasteiger partial charge in [0.15, 0.2) is 0 Å². The molecular formula is C76H44N4. The van der Waals surface area contributed by atoms with Crippen LogP contribution in [0.25, 0.3) is 175 Å². The Balaban J connectivity index is 0.715. The molecule has 0 spiro atoms. The Hall–Kier alpha value is -10.7. The van der Waals surface area contributed by atoms with Gasteiger partial charge >= 0.3 is 0 Å². The maximum Gasteiger partial charge on any atom is 0.0972 e. The highest BCUT2D eigenvalue weighted by Gasteiger charge is 2.18. The van der Waals surface area contributed by atoms with Gasteiger partial charge < -0.3 is 0 Å². The van der Waals surface area contributed by atoms with E-state index in [4.69, 9.17) is 19.9 Å². The molecule has 17 aromatic rings. The molecule has 0 unspecified atom stereocenters. The summed E-state index contributed by atoms with van der Waals surface area (Å²) in [6, 6.07) is 92.9. The number of pyridine rings is 4. The molecule has 0 atom stereocenters. The van der Waals surface area contributed by atoms with Gasteiger partial charge in [-0.3, -0.25) is 9.97 Å². The van der Waals surface area contributed by atoms with Crippen LogP contribution in [0.3, 0.4) is 0 Å². The second-order valence-electron chi connectivity index (χ2n) is 21.2. The van der Waals surface area contributed by atoms with Crippen LogP contribution in [0.15, 0.2) is 267 Å². The lowest BCUT2D eigenvalue weighted by Gasteiger charge is -2.15. The van der Waals surface area contributed by atoms with E-state index in [1.54, 1.807) is 0 Å². The second kappa shape index (κ2) is 17.4. The fourth-order valence-electron chi connectivity index (χ4n) is 13.0. The van der Waals surface area contributed by atoms with E-state index < -0.39 is 0 Å². The molecule has 0 bridgehead atoms. The maximum absolute atomic E-state index is 5.42. The molecule has 0 aliphatic carbocycles. The fourth-order valence-corrected chi connectivity index (χ4v) is 13.0. The summed E-state index contributed by atoms with van der Waals surface area (Å²) in [5.41, 5.74) is 14.7. The first-order chi connectivity index (χ1) is 39.6. The summed E-state index contributed by atoms with van der Waals surface area (Å²) in [7, 11) is 0. The van der Waals surface area contributed by atoms with Crippen molar-refractivity contribution in [3.05, 3.63) is 267 Å². The fraction of sp³-hybridized carbons (Fsp3) is 0. The van der Waals surface area contributed by atoms with Crippen molar-refractivity contribution < 1.29 is 0 Å². The number of rotatable bonds is 5. The molecule has 0 N–H and O–H groups in total. The summed E-state index contributed by atoms with van der Waals surface area (Å²) in [5.74, 6) is 0. The SMILES string of the molecule is c1ccc2c(-c3ccc4c5ccc(-c6ccc7cc(-c8ccc(-c9ccc%10c%11ccc(-c%12ccc%13ccc%14cccnc%14c%13n%12)cc%11c%11ccccc%11c%10c9)cc8)c8cccnc8c7n6)cc5c5ccccc5c4c3)cccc2c1. The first-order valence-corrected chi connectivity index (χ1v) is 27.3. The minimum absolute atomic E-state index is 0.894. The molecule has 0 aliphatic heterocycles. The third-order valence-electron chi connectivity index (χ3n) is 16.9. The standard InChI is InChI=1S/C76H44N4/c1-2-13-55-46(10-1)11-7-18-56(55)51-27-33-62-64-35-29-53(43-70(64)60-17-6-4-15-58(60)68(62)41-51)72-37-31-54-44-66(65-19-9-39-78-76(65)75(54)80-72)47-22-20-45(21-23-47)50-26-32-61-63-34-28-52(42-69(63)59-16-5-3-14-57(59)67(61)40-50)71-36-30-49-25-24-48-12-8-38-77-73(48)74(49)79-71/h1-44H. The van der Waals surface area contributed by atoms with Gasteiger partial charge in [-0.25, -0.2) is 9.97 Å². The average molecular weight is 1010 g/mol. The third kappa shape index (κ3) is 6.89. The van der Waals surface area contributed by atoms with Crippen molar-refractivity contribution >= 4 is 119 Å². The highest BCUT2D eigenvalue weighted by atomic mass is 14.8. The van der Waals surface area contributed by atoms with Gasteiger partial charge in [-0.2, -0.15) is 0 Å². The predicted molar refractivity (Wildman–Crippen MR) is 337 cm³/mol. The Morgan fingerprint density at radius 1 is 0.188 bits per heavy atom. The normalized spacial score (nSPS) is 12.0. The summed E-state index contributed by atoms with van der Waals surface area (Å²) in [5, 5.41) is 21.6. The van der Waals surface area contributed by atoms with Crippen molar-refractivity contribution in [3.8, 4) is 55.9 Å². The monoisotopic (exact) mass is 1010 g/mol. The van der Waals surface area contributed by atoms with Crippen molar-refractivity contribution in [1.29, 1.82) is 0 Å². The van der Waals surface area contributed by atoms with Crippen LogP contribution in [-0.4, -0.2) is 19.9 Å². The van der Waals surface area contributed by atoms with Gasteiger partial charge in [-0.15, -0.1) is 0 Å². The van der Waals surface area contributed by atoms with Crippen LogP contribution >= 0.6 is 0 Å². The number of hydrogen-bond donors (Lipinski definition) is 0. The van der Waals surface area contributed by atoms with Crippen molar-refractivity contribution in [2.45, 2.75) is 0 Å². The zero-order valence-electron chi connectivity index (χ0n) is 43.2. The Morgan fingerprint density at radius 2 is 0.600 bits per heavy atom. The quantitative estimate of drug-likeness (QED) is 0.161. The minimum Gasteiger partial charge on any atom is -0.254 e. The first-order valence-electron chi connectivity index (χ1n) is 27.3. The van der Waals surface area contributed by atoms with Crippen LogP contribution < -0.4 is 0 Å². The highest BCUT2D eigenvalue weighted by Crippen LogP contribution is 2.43. The molecule has 0 aliphatic rings. The smallest absolute Gasteiger partial charge is 0.0972 e. The van der Waals surface area contributed by atoms with E-state index in [0.29, 0.717) is 0 Å². The maximum atomic E-state index is 5.42. The van der Waals surface area contributed by atoms with E-state index in [1.165, 1.54) is 92.1 Å². The molecule has 0 saturated heterocycles. The number of nitrogens with zero attached hydrogens (tertiary/aromatic N) is 4. The molecule has 4 heteroatoms. The average Bonchev–Trinajstić information content (AvgIpc) is 3.60. The Labute approximate surface area is 459 Å². The zero-order chi connectivity index (χ0) is 52.4. The summed E-state index contributed by atoms with van der Waals surface area (Å²) in [4.78, 5) is 20.3. The van der Waals surface area contributed by atoms with E-state index in [0.717, 1.165) is 82.8 Å². The van der Waals surface area contributed by atoms with Gasteiger partial charge in [-0.05, 0) is 163 Å². The first kappa shape index (κ1) is 44.4. The van der Waals surface area contributed by atoms with Gasteiger partial charge in [0, 0.05) is 45.1 Å². The molecule has 0 radical (unpaired) electrons. The molecule has 80 heavy (non-hydrogen) atoms. The topological polar surface area (TPSA) is 51.6 Å². The largest absolute Gasteiger partial charge is 0.254 e. The van der Waals surface area contributed by atoms with Crippen LogP contribution in [0.5, 0.6) is 0 Å². The van der Waals surface area contributed by atoms with Crippen molar-refractivity contribution in [3.63, 3.8) is 0 Å². The minimum atomic E-state index is 0.894. The molecule has 0 saturated carbocycles. The van der Waals surface area contributed by atoms with Crippen LogP contribution in [0.2, 0.25) is 0 Å². The molecule has 13 aromatic carbocycles. The zero-order valence-corrected chi connectivity index (χ0v) is 43.2. The summed E-state index contributed by atoms with van der Waals surface area (Å²) >= 11 is 0. The van der Waals surface area contributed by atoms with Crippen molar-refractivity contribution in [2.75, 3.05) is 0 Å². The lowest BCUT2D eigenvalue weighted by molar-refractivity contribution is 1.37. The van der Waals surface area contributed by atoms with E-state index >= 15 is 0 Å². The predicted octanol–water partition coefficient (Wildman–Crippen LogP) is 20.3. The number of hydrogen-bond acceptors (Lipinski definition) is 4. The Bertz CT molecular complexity index is 5440. The van der Waals surface area contributed by atoms with Crippen LogP contribution in [0.4, 0.5) is 0 Å². The van der Waals surface area contributed by atoms with Crippen molar-refractivity contribution in [2.24, 2.45) is 0 Å². The molecule has 4 nitrogen and oxygen atoms in total. The number of benzene rings is 13. The van der Waals surface area contributed by atoms with E-state index in [2.05, 4.69) is 243 Å².